The van der Waals surface area contributed by atoms with Gasteiger partial charge in [0, 0.05) is 11.8 Å². The number of aromatic nitrogens is 2. The monoisotopic (exact) mass is 285 g/mol. The van der Waals surface area contributed by atoms with Crippen molar-refractivity contribution in [2.75, 3.05) is 5.32 Å². The molecule has 0 saturated heterocycles. The molecule has 0 spiro atoms. The second kappa shape index (κ2) is 5.29. The lowest BCUT2D eigenvalue weighted by Gasteiger charge is -2.04. The van der Waals surface area contributed by atoms with Crippen molar-refractivity contribution in [1.82, 2.24) is 9.97 Å². The molecule has 0 aliphatic heterocycles. The molecule has 18 heavy (non-hydrogen) atoms. The molecule has 2 rings (SSSR count). The maximum atomic E-state index is 12.9. The summed E-state index contributed by atoms with van der Waals surface area (Å²) < 4.78 is 12.9. The van der Waals surface area contributed by atoms with E-state index in [0.29, 0.717) is 0 Å². The minimum absolute atomic E-state index is 0.0629. The number of nitrogens with zero attached hydrogens (tertiary/aromatic N) is 2. The van der Waals surface area contributed by atoms with Crippen LogP contribution in [0.1, 0.15) is 10.4 Å². The van der Waals surface area contributed by atoms with Crippen molar-refractivity contribution in [3.8, 4) is 0 Å². The minimum atomic E-state index is -0.591. The summed E-state index contributed by atoms with van der Waals surface area (Å²) in [5.74, 6) is -1.03. The van der Waals surface area contributed by atoms with E-state index >= 15 is 0 Å². The van der Waals surface area contributed by atoms with Crippen LogP contribution in [-0.2, 0) is 0 Å². The van der Waals surface area contributed by atoms with Gasteiger partial charge in [0.05, 0.1) is 5.02 Å². The van der Waals surface area contributed by atoms with E-state index in [0.717, 1.165) is 6.07 Å². The first-order valence-corrected chi connectivity index (χ1v) is 5.57. The number of amides is 1. The Kier molecular flexibility index (Phi) is 3.74. The second-order valence-corrected chi connectivity index (χ2v) is 4.08. The Labute approximate surface area is 112 Å². The van der Waals surface area contributed by atoms with Crippen molar-refractivity contribution >= 4 is 35.1 Å². The van der Waals surface area contributed by atoms with Gasteiger partial charge in [-0.1, -0.05) is 23.2 Å². The van der Waals surface area contributed by atoms with E-state index in [1.54, 1.807) is 0 Å². The van der Waals surface area contributed by atoms with Gasteiger partial charge in [0.1, 0.15) is 11.0 Å². The number of carbonyl (C=O) groups is 1. The SMILES string of the molecule is O=C(Nc1nccc(Cl)n1)c1ccc(F)c(Cl)c1. The maximum absolute atomic E-state index is 12.9. The molecule has 1 aromatic carbocycles. The molecular weight excluding hydrogens is 280 g/mol. The van der Waals surface area contributed by atoms with Gasteiger partial charge in [0.2, 0.25) is 5.95 Å². The summed E-state index contributed by atoms with van der Waals surface area (Å²) in [6.07, 6.45) is 1.41. The van der Waals surface area contributed by atoms with Gasteiger partial charge in [-0.05, 0) is 24.3 Å². The van der Waals surface area contributed by atoms with E-state index in [1.807, 2.05) is 0 Å². The van der Waals surface area contributed by atoms with Gasteiger partial charge in [0.25, 0.3) is 5.91 Å². The fourth-order valence-electron chi connectivity index (χ4n) is 1.21. The highest BCUT2D eigenvalue weighted by molar-refractivity contribution is 6.31. The highest BCUT2D eigenvalue weighted by Gasteiger charge is 2.10. The van der Waals surface area contributed by atoms with Gasteiger partial charge in [-0.15, -0.1) is 0 Å². The minimum Gasteiger partial charge on any atom is -0.290 e. The lowest BCUT2D eigenvalue weighted by Crippen LogP contribution is -2.14. The molecule has 0 atom stereocenters. The fourth-order valence-corrected chi connectivity index (χ4v) is 1.52. The predicted molar refractivity (Wildman–Crippen MR) is 66.4 cm³/mol. The lowest BCUT2D eigenvalue weighted by molar-refractivity contribution is 0.102. The summed E-state index contributed by atoms with van der Waals surface area (Å²) >= 11 is 11.2. The van der Waals surface area contributed by atoms with E-state index in [4.69, 9.17) is 23.2 Å². The van der Waals surface area contributed by atoms with Crippen LogP contribution in [0.15, 0.2) is 30.5 Å². The van der Waals surface area contributed by atoms with Crippen LogP contribution >= 0.6 is 23.2 Å². The third kappa shape index (κ3) is 2.94. The summed E-state index contributed by atoms with van der Waals surface area (Å²) in [6.45, 7) is 0. The number of nitrogens with one attached hydrogen (secondary N) is 1. The molecule has 0 fully saturated rings. The number of anilines is 1. The van der Waals surface area contributed by atoms with Crippen molar-refractivity contribution in [1.29, 1.82) is 0 Å². The first kappa shape index (κ1) is 12.7. The number of hydrogen-bond donors (Lipinski definition) is 1. The van der Waals surface area contributed by atoms with Crippen LogP contribution in [0.2, 0.25) is 10.2 Å². The summed E-state index contributed by atoms with van der Waals surface area (Å²) in [4.78, 5) is 19.4. The molecule has 0 bridgehead atoms. The molecule has 0 aliphatic rings. The Morgan fingerprint density at radius 1 is 1.28 bits per heavy atom. The van der Waals surface area contributed by atoms with Crippen LogP contribution in [0.5, 0.6) is 0 Å². The number of hydrogen-bond acceptors (Lipinski definition) is 3. The zero-order valence-corrected chi connectivity index (χ0v) is 10.3. The van der Waals surface area contributed by atoms with Crippen molar-refractivity contribution in [2.24, 2.45) is 0 Å². The zero-order valence-electron chi connectivity index (χ0n) is 8.82. The summed E-state index contributed by atoms with van der Waals surface area (Å²) in [6, 6.07) is 5.11. The van der Waals surface area contributed by atoms with Crippen LogP contribution in [0.3, 0.4) is 0 Å². The van der Waals surface area contributed by atoms with Gasteiger partial charge < -0.3 is 0 Å². The molecule has 0 aliphatic carbocycles. The largest absolute Gasteiger partial charge is 0.290 e. The molecule has 1 aromatic heterocycles. The van der Waals surface area contributed by atoms with Gasteiger partial charge in [-0.2, -0.15) is 0 Å². The average molecular weight is 286 g/mol. The van der Waals surface area contributed by atoms with Crippen LogP contribution in [-0.4, -0.2) is 15.9 Å². The molecule has 92 valence electrons. The van der Waals surface area contributed by atoms with E-state index in [9.17, 15) is 9.18 Å². The summed E-state index contributed by atoms with van der Waals surface area (Å²) in [5, 5.41) is 2.50. The quantitative estimate of drug-likeness (QED) is 0.863. The van der Waals surface area contributed by atoms with Crippen molar-refractivity contribution in [2.45, 2.75) is 0 Å². The van der Waals surface area contributed by atoms with E-state index in [2.05, 4.69) is 15.3 Å². The van der Waals surface area contributed by atoms with Crippen LogP contribution in [0, 0.1) is 5.82 Å². The van der Waals surface area contributed by atoms with Crippen LogP contribution < -0.4 is 5.32 Å². The second-order valence-electron chi connectivity index (χ2n) is 3.29. The molecule has 0 saturated carbocycles. The molecule has 2 aromatic rings. The van der Waals surface area contributed by atoms with Gasteiger partial charge in [-0.3, -0.25) is 10.1 Å². The molecule has 1 amide bonds. The zero-order chi connectivity index (χ0) is 13.1. The van der Waals surface area contributed by atoms with Crippen molar-refractivity contribution < 1.29 is 9.18 Å². The predicted octanol–water partition coefficient (Wildman–Crippen LogP) is 3.17. The Morgan fingerprint density at radius 3 is 2.72 bits per heavy atom. The maximum Gasteiger partial charge on any atom is 0.258 e. The van der Waals surface area contributed by atoms with Crippen LogP contribution in [0.25, 0.3) is 0 Å². The molecule has 1 heterocycles. The highest BCUT2D eigenvalue weighted by atomic mass is 35.5. The Balaban J connectivity index is 2.19. The van der Waals surface area contributed by atoms with Gasteiger partial charge in [-0.25, -0.2) is 14.4 Å². The third-order valence-electron chi connectivity index (χ3n) is 2.03. The standard InChI is InChI=1S/C11H6Cl2FN3O/c12-7-5-6(1-2-8(7)14)10(18)17-11-15-4-3-9(13)16-11/h1-5H,(H,15,16,17,18). The third-order valence-corrected chi connectivity index (χ3v) is 2.53. The molecule has 0 unspecified atom stereocenters. The number of rotatable bonds is 2. The molecule has 7 heteroatoms. The Hall–Kier alpha value is -1.72. The average Bonchev–Trinajstić information content (AvgIpc) is 2.32. The molecule has 1 N–H and O–H groups in total. The highest BCUT2D eigenvalue weighted by Crippen LogP contribution is 2.16. The smallest absolute Gasteiger partial charge is 0.258 e. The number of halogens is 3. The van der Waals surface area contributed by atoms with Crippen molar-refractivity contribution in [3.05, 3.63) is 52.0 Å². The molecular formula is C11H6Cl2FN3O. The van der Waals surface area contributed by atoms with E-state index < -0.39 is 11.7 Å². The Morgan fingerprint density at radius 2 is 2.06 bits per heavy atom. The Bertz CT molecular complexity index is 607. The number of carbonyl (C=O) groups excluding carboxylic acids is 1. The number of benzene rings is 1. The molecule has 0 radical (unpaired) electrons. The summed E-state index contributed by atoms with van der Waals surface area (Å²) in [5.41, 5.74) is 0.199. The summed E-state index contributed by atoms with van der Waals surface area (Å²) in [7, 11) is 0. The first-order chi connectivity index (χ1) is 8.56. The topological polar surface area (TPSA) is 54.9 Å². The fraction of sp³-hybridized carbons (Fsp3) is 0. The van der Waals surface area contributed by atoms with E-state index in [-0.39, 0.29) is 21.7 Å². The lowest BCUT2D eigenvalue weighted by atomic mass is 10.2. The normalized spacial score (nSPS) is 10.2. The van der Waals surface area contributed by atoms with Gasteiger partial charge >= 0.3 is 0 Å². The van der Waals surface area contributed by atoms with Crippen molar-refractivity contribution in [3.63, 3.8) is 0 Å². The van der Waals surface area contributed by atoms with Crippen LogP contribution in [0.4, 0.5) is 10.3 Å². The first-order valence-electron chi connectivity index (χ1n) is 4.81. The molecule has 4 nitrogen and oxygen atoms in total. The van der Waals surface area contributed by atoms with Gasteiger partial charge in [0.15, 0.2) is 0 Å². The van der Waals surface area contributed by atoms with E-state index in [1.165, 1.54) is 24.4 Å².